The van der Waals surface area contributed by atoms with Gasteiger partial charge in [-0.25, -0.2) is 9.50 Å². The van der Waals surface area contributed by atoms with E-state index in [9.17, 15) is 9.90 Å². The minimum atomic E-state index is -1.03. The highest BCUT2D eigenvalue weighted by Gasteiger charge is 2.21. The molecule has 2 heterocycles. The molecule has 0 aliphatic rings. The predicted molar refractivity (Wildman–Crippen MR) is 60.2 cm³/mol. The van der Waals surface area contributed by atoms with Crippen molar-refractivity contribution in [1.82, 2.24) is 14.6 Å². The first-order valence-electron chi connectivity index (χ1n) is 5.18. The van der Waals surface area contributed by atoms with Crippen LogP contribution < -0.4 is 0 Å². The van der Waals surface area contributed by atoms with E-state index >= 15 is 0 Å². The number of fused-ring (bicyclic) bond motifs is 1. The van der Waals surface area contributed by atoms with Gasteiger partial charge in [-0.15, -0.1) is 0 Å². The van der Waals surface area contributed by atoms with Gasteiger partial charge in [0, 0.05) is 6.07 Å². The summed E-state index contributed by atoms with van der Waals surface area (Å²) in [4.78, 5) is 14.9. The number of aliphatic carboxylic acids is 1. The molecule has 0 bridgehead atoms. The number of nitrogens with zero attached hydrogens (tertiary/aromatic N) is 4. The summed E-state index contributed by atoms with van der Waals surface area (Å²) in [7, 11) is 0. The van der Waals surface area contributed by atoms with Gasteiger partial charge >= 0.3 is 5.97 Å². The van der Waals surface area contributed by atoms with Crippen molar-refractivity contribution in [3.63, 3.8) is 0 Å². The first kappa shape index (κ1) is 11.9. The van der Waals surface area contributed by atoms with Crippen LogP contribution >= 0.6 is 0 Å². The molecule has 0 spiro atoms. The molecule has 2 N–H and O–H groups in total. The van der Waals surface area contributed by atoms with Gasteiger partial charge in [0.25, 0.3) is 0 Å². The van der Waals surface area contributed by atoms with Crippen molar-refractivity contribution in [1.29, 1.82) is 5.26 Å². The maximum absolute atomic E-state index is 10.9. The second-order valence-electron chi connectivity index (χ2n) is 3.90. The number of aromatic hydroxyl groups is 1. The van der Waals surface area contributed by atoms with Crippen molar-refractivity contribution in [2.24, 2.45) is 0 Å². The summed E-state index contributed by atoms with van der Waals surface area (Å²) in [6, 6.07) is 3.15. The summed E-state index contributed by atoms with van der Waals surface area (Å²) in [5.74, 6) is -1.94. The summed E-state index contributed by atoms with van der Waals surface area (Å²) in [5.41, 5.74) is 0.831. The molecule has 2 aromatic rings. The summed E-state index contributed by atoms with van der Waals surface area (Å²) >= 11 is 0. The summed E-state index contributed by atoms with van der Waals surface area (Å²) in [6.07, 6.45) is 0. The Morgan fingerprint density at radius 2 is 2.28 bits per heavy atom. The van der Waals surface area contributed by atoms with Crippen LogP contribution in [0.3, 0.4) is 0 Å². The molecule has 0 saturated carbocycles. The quantitative estimate of drug-likeness (QED) is 0.810. The highest BCUT2D eigenvalue weighted by atomic mass is 16.4. The summed E-state index contributed by atoms with van der Waals surface area (Å²) < 4.78 is 1.35. The molecular weight excluding hydrogens is 236 g/mol. The third kappa shape index (κ3) is 1.64. The van der Waals surface area contributed by atoms with Crippen molar-refractivity contribution < 1.29 is 15.0 Å². The number of carboxylic acid groups (broad SMARTS) is 1. The summed E-state index contributed by atoms with van der Waals surface area (Å²) in [5, 5.41) is 31.5. The molecule has 1 atom stereocenters. The normalized spacial score (nSPS) is 12.3. The maximum Gasteiger partial charge on any atom is 0.314 e. The van der Waals surface area contributed by atoms with Crippen LogP contribution in [0.4, 0.5) is 0 Å². The fourth-order valence-electron chi connectivity index (χ4n) is 1.60. The third-order valence-corrected chi connectivity index (χ3v) is 2.72. The second kappa shape index (κ2) is 4.00. The molecular formula is C11H10N4O3. The van der Waals surface area contributed by atoms with E-state index in [1.54, 1.807) is 6.92 Å². The van der Waals surface area contributed by atoms with Gasteiger partial charge in [-0.3, -0.25) is 4.79 Å². The molecule has 0 amide bonds. The third-order valence-electron chi connectivity index (χ3n) is 2.72. The molecule has 92 valence electrons. The van der Waals surface area contributed by atoms with Crippen LogP contribution in [0.25, 0.3) is 5.65 Å². The van der Waals surface area contributed by atoms with Gasteiger partial charge in [0.05, 0.1) is 5.69 Å². The van der Waals surface area contributed by atoms with Crippen molar-refractivity contribution in [2.75, 3.05) is 0 Å². The van der Waals surface area contributed by atoms with E-state index < -0.39 is 11.9 Å². The van der Waals surface area contributed by atoms with Crippen molar-refractivity contribution in [2.45, 2.75) is 19.8 Å². The topological polar surface area (TPSA) is 112 Å². The zero-order valence-electron chi connectivity index (χ0n) is 9.75. The molecule has 7 nitrogen and oxygen atoms in total. The SMILES string of the molecule is Cc1c(C#N)c(O)cc2nc(C(C)C(=O)O)nn12. The highest BCUT2D eigenvalue weighted by Crippen LogP contribution is 2.23. The zero-order chi connectivity index (χ0) is 13.4. The Morgan fingerprint density at radius 3 is 2.83 bits per heavy atom. The van der Waals surface area contributed by atoms with E-state index in [-0.39, 0.29) is 17.1 Å². The molecule has 7 heteroatoms. The van der Waals surface area contributed by atoms with Gasteiger partial charge in [-0.05, 0) is 13.8 Å². The van der Waals surface area contributed by atoms with Crippen LogP contribution in [0.5, 0.6) is 5.75 Å². The Labute approximate surface area is 102 Å². The molecule has 0 aliphatic heterocycles. The Hall–Kier alpha value is -2.62. The van der Waals surface area contributed by atoms with E-state index in [4.69, 9.17) is 10.4 Å². The number of pyridine rings is 1. The molecule has 2 aromatic heterocycles. The van der Waals surface area contributed by atoms with E-state index in [1.807, 2.05) is 6.07 Å². The molecule has 0 fully saturated rings. The highest BCUT2D eigenvalue weighted by molar-refractivity contribution is 5.74. The number of aryl methyl sites for hydroxylation is 1. The molecule has 2 rings (SSSR count). The summed E-state index contributed by atoms with van der Waals surface area (Å²) in [6.45, 7) is 3.08. The standard InChI is InChI=1S/C11H10N4O3/c1-5(11(17)18)10-13-9-3-8(16)7(4-12)6(2)15(9)14-10/h3,5,16H,1-2H3,(H,17,18). The lowest BCUT2D eigenvalue weighted by Crippen LogP contribution is -2.09. The lowest BCUT2D eigenvalue weighted by atomic mass is 10.2. The number of nitriles is 1. The van der Waals surface area contributed by atoms with E-state index in [0.717, 1.165) is 0 Å². The monoisotopic (exact) mass is 246 g/mol. The molecule has 1 unspecified atom stereocenters. The molecule has 0 saturated heterocycles. The van der Waals surface area contributed by atoms with Gasteiger partial charge in [-0.2, -0.15) is 10.4 Å². The average Bonchev–Trinajstić information content (AvgIpc) is 2.72. The minimum Gasteiger partial charge on any atom is -0.506 e. The van der Waals surface area contributed by atoms with Gasteiger partial charge in [-0.1, -0.05) is 0 Å². The second-order valence-corrected chi connectivity index (χ2v) is 3.90. The number of hydrogen-bond acceptors (Lipinski definition) is 5. The van der Waals surface area contributed by atoms with Crippen LogP contribution in [0.2, 0.25) is 0 Å². The zero-order valence-corrected chi connectivity index (χ0v) is 9.75. The average molecular weight is 246 g/mol. The first-order valence-corrected chi connectivity index (χ1v) is 5.18. The van der Waals surface area contributed by atoms with Crippen LogP contribution in [0.15, 0.2) is 6.07 Å². The molecule has 0 radical (unpaired) electrons. The minimum absolute atomic E-state index is 0.0990. The van der Waals surface area contributed by atoms with Crippen LogP contribution in [0, 0.1) is 18.3 Å². The van der Waals surface area contributed by atoms with Gasteiger partial charge in [0.1, 0.15) is 23.3 Å². The Kier molecular flexibility index (Phi) is 2.63. The number of hydrogen-bond donors (Lipinski definition) is 2. The fourth-order valence-corrected chi connectivity index (χ4v) is 1.60. The van der Waals surface area contributed by atoms with E-state index in [1.165, 1.54) is 17.5 Å². The lowest BCUT2D eigenvalue weighted by Gasteiger charge is -2.02. The van der Waals surface area contributed by atoms with Crippen molar-refractivity contribution in [3.8, 4) is 11.8 Å². The van der Waals surface area contributed by atoms with Gasteiger partial charge < -0.3 is 10.2 Å². The number of rotatable bonds is 2. The first-order chi connectivity index (χ1) is 8.45. The maximum atomic E-state index is 10.9. The molecule has 0 aliphatic carbocycles. The number of carbonyl (C=O) groups is 1. The fraction of sp³-hybridized carbons (Fsp3) is 0.273. The lowest BCUT2D eigenvalue weighted by molar-refractivity contribution is -0.138. The predicted octanol–water partition coefficient (Wildman–Crippen LogP) is 0.803. The smallest absolute Gasteiger partial charge is 0.314 e. The van der Waals surface area contributed by atoms with Crippen LogP contribution in [-0.4, -0.2) is 30.8 Å². The van der Waals surface area contributed by atoms with Crippen LogP contribution in [-0.2, 0) is 4.79 Å². The largest absolute Gasteiger partial charge is 0.506 e. The Balaban J connectivity index is 2.70. The van der Waals surface area contributed by atoms with Gasteiger partial charge in [0.2, 0.25) is 0 Å². The van der Waals surface area contributed by atoms with E-state index in [2.05, 4.69) is 10.1 Å². The molecule has 0 aromatic carbocycles. The van der Waals surface area contributed by atoms with Crippen LogP contribution in [0.1, 0.15) is 29.9 Å². The Bertz CT molecular complexity index is 684. The Morgan fingerprint density at radius 1 is 1.61 bits per heavy atom. The van der Waals surface area contributed by atoms with E-state index in [0.29, 0.717) is 11.3 Å². The van der Waals surface area contributed by atoms with Gasteiger partial charge in [0.15, 0.2) is 11.5 Å². The molecule has 18 heavy (non-hydrogen) atoms. The van der Waals surface area contributed by atoms with Crippen molar-refractivity contribution in [3.05, 3.63) is 23.1 Å². The number of carboxylic acids is 1. The number of aromatic nitrogens is 3. The van der Waals surface area contributed by atoms with Crippen molar-refractivity contribution >= 4 is 11.6 Å².